The minimum atomic E-state index is 0.653. The molecule has 0 aromatic heterocycles. The molecule has 2 nitrogen and oxygen atoms in total. The molecule has 0 fully saturated rings. The van der Waals surface area contributed by atoms with Crippen LogP contribution in [0.3, 0.4) is 0 Å². The van der Waals surface area contributed by atoms with E-state index in [2.05, 4.69) is 0 Å². The minimum Gasteiger partial charge on any atom is -0.494 e. The van der Waals surface area contributed by atoms with Crippen molar-refractivity contribution < 1.29 is 9.53 Å². The monoisotopic (exact) mass is 164 g/mol. The van der Waals surface area contributed by atoms with Crippen molar-refractivity contribution in [2.75, 3.05) is 6.61 Å². The normalized spacial score (nSPS) is 9.50. The SMILES string of the molecule is CCOc1ccc(C=O)c(C)c1. The predicted octanol–water partition coefficient (Wildman–Crippen LogP) is 2.21. The number of hydrogen-bond donors (Lipinski definition) is 0. The lowest BCUT2D eigenvalue weighted by Crippen LogP contribution is -1.93. The first-order chi connectivity index (χ1) is 5.77. The molecule has 0 saturated carbocycles. The van der Waals surface area contributed by atoms with Gasteiger partial charge >= 0.3 is 0 Å². The minimum absolute atomic E-state index is 0.653. The van der Waals surface area contributed by atoms with Crippen molar-refractivity contribution in [1.29, 1.82) is 0 Å². The Morgan fingerprint density at radius 3 is 2.75 bits per heavy atom. The van der Waals surface area contributed by atoms with Crippen molar-refractivity contribution in [3.8, 4) is 5.75 Å². The molecule has 2 heteroatoms. The molecule has 0 saturated heterocycles. The number of ether oxygens (including phenoxy) is 1. The van der Waals surface area contributed by atoms with Gasteiger partial charge in [0.15, 0.2) is 0 Å². The third-order valence-corrected chi connectivity index (χ3v) is 1.68. The number of aldehydes is 1. The van der Waals surface area contributed by atoms with E-state index < -0.39 is 0 Å². The summed E-state index contributed by atoms with van der Waals surface area (Å²) in [5.41, 5.74) is 1.68. The Labute approximate surface area is 72.2 Å². The molecular formula is C10H12O2. The summed E-state index contributed by atoms with van der Waals surface area (Å²) < 4.78 is 5.27. The van der Waals surface area contributed by atoms with Gasteiger partial charge in [0.1, 0.15) is 12.0 Å². The summed E-state index contributed by atoms with van der Waals surface area (Å²) in [6.45, 7) is 4.48. The molecule has 0 heterocycles. The van der Waals surface area contributed by atoms with Gasteiger partial charge in [0, 0.05) is 5.56 Å². The average molecular weight is 164 g/mol. The Kier molecular flexibility index (Phi) is 2.86. The second-order valence-corrected chi connectivity index (χ2v) is 2.57. The van der Waals surface area contributed by atoms with Gasteiger partial charge in [0.25, 0.3) is 0 Å². The fourth-order valence-electron chi connectivity index (χ4n) is 1.04. The lowest BCUT2D eigenvalue weighted by Gasteiger charge is -2.04. The van der Waals surface area contributed by atoms with Crippen molar-refractivity contribution in [3.05, 3.63) is 29.3 Å². The Hall–Kier alpha value is -1.31. The first-order valence-corrected chi connectivity index (χ1v) is 3.96. The number of benzene rings is 1. The highest BCUT2D eigenvalue weighted by Gasteiger charge is 1.98. The fourth-order valence-corrected chi connectivity index (χ4v) is 1.04. The largest absolute Gasteiger partial charge is 0.494 e. The summed E-state index contributed by atoms with van der Waals surface area (Å²) in [6.07, 6.45) is 0.852. The van der Waals surface area contributed by atoms with Crippen LogP contribution in [0.4, 0.5) is 0 Å². The zero-order valence-corrected chi connectivity index (χ0v) is 7.33. The Morgan fingerprint density at radius 1 is 1.50 bits per heavy atom. The molecule has 0 bridgehead atoms. The van der Waals surface area contributed by atoms with Gasteiger partial charge in [-0.1, -0.05) is 0 Å². The van der Waals surface area contributed by atoms with Gasteiger partial charge in [-0.15, -0.1) is 0 Å². The maximum absolute atomic E-state index is 10.5. The molecule has 0 aliphatic heterocycles. The standard InChI is InChI=1S/C10H12O2/c1-3-12-10-5-4-9(7-11)8(2)6-10/h4-7H,3H2,1-2H3. The van der Waals surface area contributed by atoms with Crippen LogP contribution < -0.4 is 4.74 Å². The molecule has 1 aromatic carbocycles. The Bertz CT molecular complexity index is 279. The fraction of sp³-hybridized carbons (Fsp3) is 0.300. The average Bonchev–Trinajstić information content (AvgIpc) is 2.05. The number of carbonyl (C=O) groups is 1. The highest BCUT2D eigenvalue weighted by Crippen LogP contribution is 2.15. The molecule has 1 aromatic rings. The van der Waals surface area contributed by atoms with E-state index in [1.54, 1.807) is 12.1 Å². The molecule has 0 aliphatic carbocycles. The van der Waals surface area contributed by atoms with Crippen LogP contribution in [0, 0.1) is 6.92 Å². The molecule has 0 spiro atoms. The van der Waals surface area contributed by atoms with Crippen LogP contribution in [0.15, 0.2) is 18.2 Å². The maximum Gasteiger partial charge on any atom is 0.150 e. The van der Waals surface area contributed by atoms with E-state index in [0.717, 1.165) is 23.2 Å². The molecule has 1 rings (SSSR count). The highest BCUT2D eigenvalue weighted by molar-refractivity contribution is 5.77. The van der Waals surface area contributed by atoms with Crippen molar-refractivity contribution >= 4 is 6.29 Å². The highest BCUT2D eigenvalue weighted by atomic mass is 16.5. The molecule has 0 aliphatic rings. The van der Waals surface area contributed by atoms with Gasteiger partial charge in [-0.2, -0.15) is 0 Å². The van der Waals surface area contributed by atoms with Gasteiger partial charge in [-0.3, -0.25) is 4.79 Å². The van der Waals surface area contributed by atoms with Crippen molar-refractivity contribution in [2.24, 2.45) is 0 Å². The van der Waals surface area contributed by atoms with Crippen molar-refractivity contribution in [3.63, 3.8) is 0 Å². The van der Waals surface area contributed by atoms with Gasteiger partial charge in [0.2, 0.25) is 0 Å². The molecule has 0 radical (unpaired) electrons. The van der Waals surface area contributed by atoms with E-state index in [1.165, 1.54) is 0 Å². The molecule has 0 unspecified atom stereocenters. The Morgan fingerprint density at radius 2 is 2.25 bits per heavy atom. The maximum atomic E-state index is 10.5. The summed E-state index contributed by atoms with van der Waals surface area (Å²) >= 11 is 0. The first kappa shape index (κ1) is 8.78. The molecule has 0 atom stereocenters. The lowest BCUT2D eigenvalue weighted by atomic mass is 10.1. The number of aryl methyl sites for hydroxylation is 1. The smallest absolute Gasteiger partial charge is 0.150 e. The van der Waals surface area contributed by atoms with Gasteiger partial charge in [0.05, 0.1) is 6.61 Å². The zero-order chi connectivity index (χ0) is 8.97. The van der Waals surface area contributed by atoms with E-state index in [0.29, 0.717) is 6.61 Å². The van der Waals surface area contributed by atoms with Crippen LogP contribution in [-0.4, -0.2) is 12.9 Å². The van der Waals surface area contributed by atoms with E-state index in [-0.39, 0.29) is 0 Å². The molecule has 0 amide bonds. The van der Waals surface area contributed by atoms with Crippen LogP contribution in [0.5, 0.6) is 5.75 Å². The molecular weight excluding hydrogens is 152 g/mol. The third kappa shape index (κ3) is 1.84. The van der Waals surface area contributed by atoms with Crippen LogP contribution >= 0.6 is 0 Å². The van der Waals surface area contributed by atoms with Crippen LogP contribution in [-0.2, 0) is 0 Å². The summed E-state index contributed by atoms with van der Waals surface area (Å²) in [5, 5.41) is 0. The zero-order valence-electron chi connectivity index (χ0n) is 7.33. The number of rotatable bonds is 3. The molecule has 0 N–H and O–H groups in total. The van der Waals surface area contributed by atoms with Gasteiger partial charge < -0.3 is 4.74 Å². The van der Waals surface area contributed by atoms with E-state index >= 15 is 0 Å². The summed E-state index contributed by atoms with van der Waals surface area (Å²) in [6, 6.07) is 5.45. The Balaban J connectivity index is 2.93. The second kappa shape index (κ2) is 3.90. The van der Waals surface area contributed by atoms with Crippen molar-refractivity contribution in [1.82, 2.24) is 0 Å². The second-order valence-electron chi connectivity index (χ2n) is 2.57. The van der Waals surface area contributed by atoms with Crippen LogP contribution in [0.1, 0.15) is 22.8 Å². The van der Waals surface area contributed by atoms with Crippen LogP contribution in [0.25, 0.3) is 0 Å². The first-order valence-electron chi connectivity index (χ1n) is 3.96. The van der Waals surface area contributed by atoms with Crippen molar-refractivity contribution in [2.45, 2.75) is 13.8 Å². The number of hydrogen-bond acceptors (Lipinski definition) is 2. The summed E-state index contributed by atoms with van der Waals surface area (Å²) in [5.74, 6) is 0.820. The van der Waals surface area contributed by atoms with E-state index in [4.69, 9.17) is 4.74 Å². The number of carbonyl (C=O) groups excluding carboxylic acids is 1. The predicted molar refractivity (Wildman–Crippen MR) is 47.7 cm³/mol. The van der Waals surface area contributed by atoms with Crippen LogP contribution in [0.2, 0.25) is 0 Å². The summed E-state index contributed by atoms with van der Waals surface area (Å²) in [7, 11) is 0. The quantitative estimate of drug-likeness (QED) is 0.640. The molecule has 12 heavy (non-hydrogen) atoms. The topological polar surface area (TPSA) is 26.3 Å². The van der Waals surface area contributed by atoms with Gasteiger partial charge in [-0.25, -0.2) is 0 Å². The third-order valence-electron chi connectivity index (χ3n) is 1.68. The van der Waals surface area contributed by atoms with Gasteiger partial charge in [-0.05, 0) is 37.6 Å². The molecule has 64 valence electrons. The van der Waals surface area contributed by atoms with E-state index in [9.17, 15) is 4.79 Å². The summed E-state index contributed by atoms with van der Waals surface area (Å²) in [4.78, 5) is 10.5. The van der Waals surface area contributed by atoms with E-state index in [1.807, 2.05) is 19.9 Å². The lowest BCUT2D eigenvalue weighted by molar-refractivity contribution is 0.112.